The number of hydrogen-bond donors (Lipinski definition) is 1. The van der Waals surface area contributed by atoms with Crippen LogP contribution in [-0.2, 0) is 20.4 Å². The van der Waals surface area contributed by atoms with Crippen LogP contribution in [0.25, 0.3) is 0 Å². The zero-order chi connectivity index (χ0) is 11.5. The topological polar surface area (TPSA) is 74.7 Å². The first kappa shape index (κ1) is 13.1. The lowest BCUT2D eigenvalue weighted by atomic mass is 10.4. The van der Waals surface area contributed by atoms with E-state index >= 15 is 0 Å². The maximum atomic E-state index is 11.5. The molecule has 0 aromatic carbocycles. The molecule has 0 saturated heterocycles. The summed E-state index contributed by atoms with van der Waals surface area (Å²) in [4.78, 5) is 23.2. The normalized spacial score (nSPS) is 16.9. The Morgan fingerprint density at radius 2 is 1.64 bits per heavy atom. The third kappa shape index (κ3) is 3.10. The van der Waals surface area contributed by atoms with Gasteiger partial charge in [0.1, 0.15) is 10.5 Å². The van der Waals surface area contributed by atoms with Gasteiger partial charge < -0.3 is 10.0 Å². The second kappa shape index (κ2) is 5.09. The van der Waals surface area contributed by atoms with Gasteiger partial charge in [-0.2, -0.15) is 0 Å². The van der Waals surface area contributed by atoms with E-state index in [1.165, 1.54) is 18.7 Å². The van der Waals surface area contributed by atoms with Gasteiger partial charge in [-0.1, -0.05) is 0 Å². The third-order valence-electron chi connectivity index (χ3n) is 1.83. The van der Waals surface area contributed by atoms with Crippen molar-refractivity contribution >= 4 is 22.7 Å². The highest BCUT2D eigenvalue weighted by atomic mass is 32.2. The van der Waals surface area contributed by atoms with Gasteiger partial charge in [0, 0.05) is 24.9 Å². The Morgan fingerprint density at radius 1 is 1.21 bits per heavy atom. The number of nitrogens with zero attached hydrogens (tertiary/aromatic N) is 1. The van der Waals surface area contributed by atoms with Gasteiger partial charge in [0.05, 0.1) is 0 Å². The molecule has 3 atom stereocenters. The standard InChI is InChI=1S/C8H15NO4S/c1-5(7(10)9(3)4)14(13)6(2)8(11)12/h5-6H,1-4H3,(H,11,12). The molecule has 1 amide bonds. The molecule has 0 aliphatic heterocycles. The average Bonchev–Trinajstić information content (AvgIpc) is 2.12. The van der Waals surface area contributed by atoms with Crippen LogP contribution in [0.15, 0.2) is 0 Å². The molecule has 0 heterocycles. The van der Waals surface area contributed by atoms with E-state index in [0.29, 0.717) is 0 Å². The summed E-state index contributed by atoms with van der Waals surface area (Å²) in [6.45, 7) is 2.80. The van der Waals surface area contributed by atoms with Gasteiger partial charge in [0.2, 0.25) is 5.91 Å². The predicted molar refractivity (Wildman–Crippen MR) is 53.4 cm³/mol. The van der Waals surface area contributed by atoms with Crippen LogP contribution in [0.4, 0.5) is 0 Å². The molecule has 14 heavy (non-hydrogen) atoms. The number of carboxylic acid groups (broad SMARTS) is 1. The van der Waals surface area contributed by atoms with E-state index in [4.69, 9.17) is 5.11 Å². The van der Waals surface area contributed by atoms with Crippen LogP contribution < -0.4 is 0 Å². The number of amides is 1. The third-order valence-corrected chi connectivity index (χ3v) is 3.63. The Bertz CT molecular complexity index is 264. The highest BCUT2D eigenvalue weighted by Gasteiger charge is 2.29. The maximum Gasteiger partial charge on any atom is 0.319 e. The van der Waals surface area contributed by atoms with E-state index in [1.54, 1.807) is 14.1 Å². The molecule has 0 aromatic rings. The zero-order valence-electron chi connectivity index (χ0n) is 8.68. The summed E-state index contributed by atoms with van der Waals surface area (Å²) in [5, 5.41) is 6.80. The quantitative estimate of drug-likeness (QED) is 0.706. The number of carbonyl (C=O) groups excluding carboxylic acids is 1. The summed E-state index contributed by atoms with van der Waals surface area (Å²) in [5.41, 5.74) is 0. The van der Waals surface area contributed by atoms with Crippen LogP contribution in [0.5, 0.6) is 0 Å². The van der Waals surface area contributed by atoms with E-state index in [9.17, 15) is 13.8 Å². The lowest BCUT2D eigenvalue weighted by Crippen LogP contribution is -2.39. The van der Waals surface area contributed by atoms with Crippen molar-refractivity contribution in [1.82, 2.24) is 4.90 Å². The fourth-order valence-electron chi connectivity index (χ4n) is 0.869. The first-order valence-electron chi connectivity index (χ1n) is 4.12. The molecule has 0 fully saturated rings. The summed E-state index contributed by atoms with van der Waals surface area (Å²) in [5.74, 6) is -1.47. The van der Waals surface area contributed by atoms with Crippen molar-refractivity contribution in [2.45, 2.75) is 24.3 Å². The summed E-state index contributed by atoms with van der Waals surface area (Å²) >= 11 is 0. The lowest BCUT2D eigenvalue weighted by molar-refractivity contribution is -0.136. The molecule has 0 rings (SSSR count). The summed E-state index contributed by atoms with van der Waals surface area (Å²) in [7, 11) is 1.41. The van der Waals surface area contributed by atoms with Crippen molar-refractivity contribution in [2.75, 3.05) is 14.1 Å². The first-order valence-corrected chi connectivity index (χ1v) is 5.40. The highest BCUT2D eigenvalue weighted by molar-refractivity contribution is 7.87. The molecule has 0 aliphatic carbocycles. The molecular formula is C8H15NO4S. The summed E-state index contributed by atoms with van der Waals surface area (Å²) in [6, 6.07) is 0. The Labute approximate surface area is 85.5 Å². The Hall–Kier alpha value is -0.910. The van der Waals surface area contributed by atoms with Gasteiger partial charge in [0.25, 0.3) is 0 Å². The molecule has 0 aromatic heterocycles. The second-order valence-electron chi connectivity index (χ2n) is 3.18. The number of carboxylic acids is 1. The molecule has 82 valence electrons. The van der Waals surface area contributed by atoms with Crippen molar-refractivity contribution in [3.63, 3.8) is 0 Å². The molecule has 0 saturated carbocycles. The van der Waals surface area contributed by atoms with E-state index < -0.39 is 27.3 Å². The van der Waals surface area contributed by atoms with E-state index in [0.717, 1.165) is 0 Å². The summed E-state index contributed by atoms with van der Waals surface area (Å²) < 4.78 is 11.5. The predicted octanol–water partition coefficient (Wildman–Crippen LogP) is -0.315. The number of rotatable bonds is 4. The van der Waals surface area contributed by atoms with Gasteiger partial charge in [-0.25, -0.2) is 0 Å². The minimum absolute atomic E-state index is 0.323. The highest BCUT2D eigenvalue weighted by Crippen LogP contribution is 2.06. The van der Waals surface area contributed by atoms with Gasteiger partial charge in [-0.05, 0) is 13.8 Å². The molecule has 0 radical (unpaired) electrons. The van der Waals surface area contributed by atoms with Crippen LogP contribution in [0, 0.1) is 0 Å². The molecule has 3 unspecified atom stereocenters. The molecule has 0 aliphatic rings. The van der Waals surface area contributed by atoms with Crippen molar-refractivity contribution < 1.29 is 18.9 Å². The molecule has 1 N–H and O–H groups in total. The van der Waals surface area contributed by atoms with Gasteiger partial charge in [-0.3, -0.25) is 13.8 Å². The fourth-order valence-corrected chi connectivity index (χ4v) is 2.09. The van der Waals surface area contributed by atoms with Gasteiger partial charge in [-0.15, -0.1) is 0 Å². The molecule has 6 heteroatoms. The minimum Gasteiger partial charge on any atom is -0.480 e. The monoisotopic (exact) mass is 221 g/mol. The van der Waals surface area contributed by atoms with Crippen LogP contribution >= 0.6 is 0 Å². The fraction of sp³-hybridized carbons (Fsp3) is 0.750. The first-order chi connectivity index (χ1) is 6.29. The Balaban J connectivity index is 4.55. The Kier molecular flexibility index (Phi) is 4.76. The van der Waals surface area contributed by atoms with Crippen LogP contribution in [0.3, 0.4) is 0 Å². The number of hydrogen-bond acceptors (Lipinski definition) is 3. The molecule has 5 nitrogen and oxygen atoms in total. The average molecular weight is 221 g/mol. The van der Waals surface area contributed by atoms with Crippen LogP contribution in [0.1, 0.15) is 13.8 Å². The van der Waals surface area contributed by atoms with Crippen LogP contribution in [-0.4, -0.2) is 50.7 Å². The van der Waals surface area contributed by atoms with Crippen molar-refractivity contribution in [2.24, 2.45) is 0 Å². The molecule has 0 bridgehead atoms. The van der Waals surface area contributed by atoms with Crippen LogP contribution in [0.2, 0.25) is 0 Å². The van der Waals surface area contributed by atoms with E-state index in [-0.39, 0.29) is 5.91 Å². The van der Waals surface area contributed by atoms with Gasteiger partial charge in [0.15, 0.2) is 0 Å². The maximum absolute atomic E-state index is 11.5. The minimum atomic E-state index is -1.68. The van der Waals surface area contributed by atoms with Crippen molar-refractivity contribution in [3.8, 4) is 0 Å². The lowest BCUT2D eigenvalue weighted by Gasteiger charge is -2.17. The SMILES string of the molecule is CC(C(=O)O)S(=O)C(C)C(=O)N(C)C. The van der Waals surface area contributed by atoms with Crippen molar-refractivity contribution in [3.05, 3.63) is 0 Å². The second-order valence-corrected chi connectivity index (χ2v) is 5.26. The van der Waals surface area contributed by atoms with Gasteiger partial charge >= 0.3 is 5.97 Å². The summed E-state index contributed by atoms with van der Waals surface area (Å²) in [6.07, 6.45) is 0. The number of carbonyl (C=O) groups is 2. The molecule has 0 spiro atoms. The zero-order valence-corrected chi connectivity index (χ0v) is 9.50. The smallest absolute Gasteiger partial charge is 0.319 e. The Morgan fingerprint density at radius 3 is 1.93 bits per heavy atom. The van der Waals surface area contributed by atoms with Crippen molar-refractivity contribution in [1.29, 1.82) is 0 Å². The largest absolute Gasteiger partial charge is 0.480 e. The number of aliphatic carboxylic acids is 1. The molecular weight excluding hydrogens is 206 g/mol. The van der Waals surface area contributed by atoms with E-state index in [1.807, 2.05) is 0 Å². The van der Waals surface area contributed by atoms with E-state index in [2.05, 4.69) is 0 Å².